The van der Waals surface area contributed by atoms with Gasteiger partial charge in [0.15, 0.2) is 5.60 Å². The second-order valence-corrected chi connectivity index (χ2v) is 5.14. The van der Waals surface area contributed by atoms with Crippen LogP contribution in [-0.2, 0) is 10.4 Å². The van der Waals surface area contributed by atoms with E-state index in [9.17, 15) is 4.79 Å². The lowest BCUT2D eigenvalue weighted by molar-refractivity contribution is -0.00738. The summed E-state index contributed by atoms with van der Waals surface area (Å²) in [6.45, 7) is 2.04. The molecule has 0 aliphatic carbocycles. The molecule has 0 fully saturated rings. The average molecular weight is 265 g/mol. The molecule has 0 spiro atoms. The smallest absolute Gasteiger partial charge is 0.165 e. The van der Waals surface area contributed by atoms with Crippen LogP contribution in [-0.4, -0.2) is 12.0 Å². The molecule has 1 aliphatic rings. The lowest BCUT2D eigenvalue weighted by Crippen LogP contribution is -2.21. The third-order valence-corrected chi connectivity index (χ3v) is 3.63. The van der Waals surface area contributed by atoms with Crippen molar-refractivity contribution >= 4 is 12.0 Å². The third-order valence-electron chi connectivity index (χ3n) is 3.63. The number of carbonyl (C=O) groups excluding carboxylic acids is 1. The highest BCUT2D eigenvalue weighted by atomic mass is 16.7. The normalized spacial score (nSPS) is 21.1. The molecule has 0 aromatic heterocycles. The van der Waals surface area contributed by atoms with E-state index < -0.39 is 5.60 Å². The molecule has 1 atom stereocenters. The molecule has 2 aromatic rings. The molecule has 3 rings (SSSR count). The summed E-state index contributed by atoms with van der Waals surface area (Å²) >= 11 is 0. The Bertz CT molecular complexity index is 646. The second-order valence-electron chi connectivity index (χ2n) is 5.14. The minimum absolute atomic E-state index is 0.417. The van der Waals surface area contributed by atoms with Crippen molar-refractivity contribution in [1.29, 1.82) is 0 Å². The zero-order valence-electron chi connectivity index (χ0n) is 11.2. The molecule has 1 aliphatic heterocycles. The van der Waals surface area contributed by atoms with Crippen molar-refractivity contribution in [3.8, 4) is 0 Å². The van der Waals surface area contributed by atoms with Gasteiger partial charge in [-0.15, -0.1) is 0 Å². The number of nitrogens with zero attached hydrogens (tertiary/aromatic N) is 1. The van der Waals surface area contributed by atoms with E-state index >= 15 is 0 Å². The van der Waals surface area contributed by atoms with Gasteiger partial charge in [-0.1, -0.05) is 59.8 Å². The Balaban J connectivity index is 1.83. The molecule has 20 heavy (non-hydrogen) atoms. The minimum Gasteiger partial charge on any atom is -0.384 e. The second kappa shape index (κ2) is 4.93. The maximum absolute atomic E-state index is 10.7. The summed E-state index contributed by atoms with van der Waals surface area (Å²) in [7, 11) is 0. The standard InChI is InChI=1S/C17H15NO2/c1-17(15-5-3-2-4-6-15)11-16(18-20-17)14-9-7-13(12-19)8-10-14/h2-10,12H,11H2,1H3. The third kappa shape index (κ3) is 2.23. The number of rotatable bonds is 3. The van der Waals surface area contributed by atoms with Gasteiger partial charge < -0.3 is 4.84 Å². The van der Waals surface area contributed by atoms with E-state index in [2.05, 4.69) is 5.16 Å². The number of oxime groups is 1. The van der Waals surface area contributed by atoms with Gasteiger partial charge in [0, 0.05) is 12.0 Å². The van der Waals surface area contributed by atoms with Crippen molar-refractivity contribution in [2.45, 2.75) is 18.9 Å². The summed E-state index contributed by atoms with van der Waals surface area (Å²) < 4.78 is 0. The van der Waals surface area contributed by atoms with E-state index in [4.69, 9.17) is 4.84 Å². The number of benzene rings is 2. The van der Waals surface area contributed by atoms with Crippen LogP contribution in [0, 0.1) is 0 Å². The molecule has 0 bridgehead atoms. The van der Waals surface area contributed by atoms with Crippen LogP contribution in [0.15, 0.2) is 59.8 Å². The Labute approximate surface area is 117 Å². The fourth-order valence-electron chi connectivity index (χ4n) is 2.39. The lowest BCUT2D eigenvalue weighted by atomic mass is 9.89. The quantitative estimate of drug-likeness (QED) is 0.796. The summed E-state index contributed by atoms with van der Waals surface area (Å²) in [4.78, 5) is 16.3. The molecule has 0 saturated heterocycles. The van der Waals surface area contributed by atoms with Crippen LogP contribution in [0.25, 0.3) is 0 Å². The minimum atomic E-state index is -0.417. The van der Waals surface area contributed by atoms with E-state index in [1.807, 2.05) is 49.4 Å². The van der Waals surface area contributed by atoms with Gasteiger partial charge in [0.05, 0.1) is 5.71 Å². The molecule has 100 valence electrons. The SMILES string of the molecule is CC1(c2ccccc2)CC(c2ccc(C=O)cc2)=NO1. The Morgan fingerprint density at radius 2 is 1.80 bits per heavy atom. The number of aldehydes is 1. The van der Waals surface area contributed by atoms with Gasteiger partial charge in [-0.2, -0.15) is 0 Å². The van der Waals surface area contributed by atoms with Gasteiger partial charge in [-0.05, 0) is 18.1 Å². The van der Waals surface area contributed by atoms with Crippen LogP contribution in [0.2, 0.25) is 0 Å². The first-order chi connectivity index (χ1) is 9.71. The summed E-state index contributed by atoms with van der Waals surface area (Å²) in [5, 5.41) is 4.22. The van der Waals surface area contributed by atoms with Crippen LogP contribution >= 0.6 is 0 Å². The van der Waals surface area contributed by atoms with Gasteiger partial charge in [-0.25, -0.2) is 0 Å². The van der Waals surface area contributed by atoms with Gasteiger partial charge in [-0.3, -0.25) is 4.79 Å². The van der Waals surface area contributed by atoms with E-state index in [0.29, 0.717) is 5.56 Å². The van der Waals surface area contributed by atoms with E-state index in [0.717, 1.165) is 29.5 Å². The topological polar surface area (TPSA) is 38.7 Å². The van der Waals surface area contributed by atoms with Crippen molar-refractivity contribution in [3.05, 3.63) is 71.3 Å². The lowest BCUT2D eigenvalue weighted by Gasteiger charge is -2.21. The molecule has 1 heterocycles. The van der Waals surface area contributed by atoms with Crippen molar-refractivity contribution in [2.75, 3.05) is 0 Å². The van der Waals surface area contributed by atoms with Gasteiger partial charge in [0.2, 0.25) is 0 Å². The molecule has 0 amide bonds. The molecule has 0 saturated carbocycles. The summed E-state index contributed by atoms with van der Waals surface area (Å²) in [6.07, 6.45) is 1.56. The molecule has 2 aromatic carbocycles. The molecule has 3 nitrogen and oxygen atoms in total. The number of hydrogen-bond acceptors (Lipinski definition) is 3. The van der Waals surface area contributed by atoms with Crippen LogP contribution in [0.3, 0.4) is 0 Å². The summed E-state index contributed by atoms with van der Waals surface area (Å²) in [5.41, 5.74) is 3.27. The molecular weight excluding hydrogens is 250 g/mol. The summed E-state index contributed by atoms with van der Waals surface area (Å²) in [5.74, 6) is 0. The van der Waals surface area contributed by atoms with Gasteiger partial charge >= 0.3 is 0 Å². The predicted molar refractivity (Wildman–Crippen MR) is 77.9 cm³/mol. The first kappa shape index (κ1) is 12.6. The fraction of sp³-hybridized carbons (Fsp3) is 0.176. The van der Waals surface area contributed by atoms with E-state index in [1.165, 1.54) is 0 Å². The van der Waals surface area contributed by atoms with Crippen LogP contribution in [0.5, 0.6) is 0 Å². The van der Waals surface area contributed by atoms with Gasteiger partial charge in [0.25, 0.3) is 0 Å². The van der Waals surface area contributed by atoms with Crippen LogP contribution in [0.4, 0.5) is 0 Å². The Kier molecular flexibility index (Phi) is 3.11. The Morgan fingerprint density at radius 1 is 1.10 bits per heavy atom. The monoisotopic (exact) mass is 265 g/mol. The van der Waals surface area contributed by atoms with E-state index in [-0.39, 0.29) is 0 Å². The molecule has 3 heteroatoms. The van der Waals surface area contributed by atoms with E-state index in [1.54, 1.807) is 12.1 Å². The Morgan fingerprint density at radius 3 is 2.45 bits per heavy atom. The zero-order valence-corrected chi connectivity index (χ0v) is 11.2. The zero-order chi connectivity index (χ0) is 14.0. The molecule has 0 radical (unpaired) electrons. The molecule has 0 N–H and O–H groups in total. The van der Waals surface area contributed by atoms with Crippen molar-refractivity contribution in [3.63, 3.8) is 0 Å². The first-order valence-corrected chi connectivity index (χ1v) is 6.57. The highest BCUT2D eigenvalue weighted by Gasteiger charge is 2.36. The van der Waals surface area contributed by atoms with Crippen molar-refractivity contribution < 1.29 is 9.63 Å². The average Bonchev–Trinajstić information content (AvgIpc) is 2.92. The Hall–Kier alpha value is -2.42. The van der Waals surface area contributed by atoms with Crippen LogP contribution < -0.4 is 0 Å². The predicted octanol–water partition coefficient (Wildman–Crippen LogP) is 3.54. The maximum Gasteiger partial charge on any atom is 0.165 e. The van der Waals surface area contributed by atoms with Crippen molar-refractivity contribution in [2.24, 2.45) is 5.16 Å². The maximum atomic E-state index is 10.7. The highest BCUT2D eigenvalue weighted by Crippen LogP contribution is 2.35. The first-order valence-electron chi connectivity index (χ1n) is 6.57. The van der Waals surface area contributed by atoms with Crippen molar-refractivity contribution in [1.82, 2.24) is 0 Å². The largest absolute Gasteiger partial charge is 0.384 e. The number of hydrogen-bond donors (Lipinski definition) is 0. The van der Waals surface area contributed by atoms with Gasteiger partial charge in [0.1, 0.15) is 6.29 Å². The molecular formula is C17H15NO2. The van der Waals surface area contributed by atoms with Crippen LogP contribution in [0.1, 0.15) is 34.8 Å². The molecule has 1 unspecified atom stereocenters. The fourth-order valence-corrected chi connectivity index (χ4v) is 2.39. The number of carbonyl (C=O) groups is 1. The summed E-state index contributed by atoms with van der Waals surface area (Å²) in [6, 6.07) is 17.5. The highest BCUT2D eigenvalue weighted by molar-refractivity contribution is 6.02.